The summed E-state index contributed by atoms with van der Waals surface area (Å²) < 4.78 is 0. The molecule has 0 aromatic carbocycles. The van der Waals surface area contributed by atoms with Gasteiger partial charge in [0.2, 0.25) is 0 Å². The zero-order valence-electron chi connectivity index (χ0n) is 10.8. The third-order valence-corrected chi connectivity index (χ3v) is 4.49. The van der Waals surface area contributed by atoms with E-state index in [0.717, 1.165) is 36.1 Å². The molecule has 17 heavy (non-hydrogen) atoms. The lowest BCUT2D eigenvalue weighted by atomic mass is 9.97. The molecule has 0 spiro atoms. The molecule has 5 heteroatoms. The molecule has 2 unspecified atom stereocenters. The number of aliphatic hydroxyl groups is 1. The Labute approximate surface area is 107 Å². The van der Waals surface area contributed by atoms with E-state index in [9.17, 15) is 5.11 Å². The van der Waals surface area contributed by atoms with E-state index in [1.54, 1.807) is 11.3 Å². The van der Waals surface area contributed by atoms with Crippen LogP contribution >= 0.6 is 11.3 Å². The van der Waals surface area contributed by atoms with Crippen LogP contribution in [0.25, 0.3) is 0 Å². The zero-order valence-corrected chi connectivity index (χ0v) is 11.6. The van der Waals surface area contributed by atoms with Crippen LogP contribution in [-0.2, 0) is 6.54 Å². The smallest absolute Gasteiger partial charge is 0.131 e. The standard InChI is InChI=1S/C12H21N3OS/c1-8(2)12-14-13-11(17-12)7-15-5-4-10(16)9(3)6-15/h8-10,16H,4-7H2,1-3H3. The fourth-order valence-electron chi connectivity index (χ4n) is 2.12. The average Bonchev–Trinajstić information content (AvgIpc) is 2.72. The molecular weight excluding hydrogens is 234 g/mol. The Bertz CT molecular complexity index is 366. The SMILES string of the molecule is CC(C)c1nnc(CN2CCC(O)C(C)C2)s1. The average molecular weight is 255 g/mol. The number of hydrogen-bond acceptors (Lipinski definition) is 5. The first-order valence-electron chi connectivity index (χ1n) is 6.29. The topological polar surface area (TPSA) is 49.2 Å². The number of rotatable bonds is 3. The number of piperidine rings is 1. The number of aliphatic hydroxyl groups excluding tert-OH is 1. The first-order valence-corrected chi connectivity index (χ1v) is 7.10. The van der Waals surface area contributed by atoms with Gasteiger partial charge >= 0.3 is 0 Å². The molecule has 1 N–H and O–H groups in total. The Kier molecular flexibility index (Phi) is 4.12. The van der Waals surface area contributed by atoms with E-state index < -0.39 is 0 Å². The van der Waals surface area contributed by atoms with Crippen molar-refractivity contribution < 1.29 is 5.11 Å². The van der Waals surface area contributed by atoms with Crippen LogP contribution in [0.3, 0.4) is 0 Å². The van der Waals surface area contributed by atoms with Crippen LogP contribution in [0.15, 0.2) is 0 Å². The summed E-state index contributed by atoms with van der Waals surface area (Å²) in [6.07, 6.45) is 0.740. The Morgan fingerprint density at radius 2 is 2.24 bits per heavy atom. The minimum absolute atomic E-state index is 0.133. The first-order chi connectivity index (χ1) is 8.06. The fraction of sp³-hybridized carbons (Fsp3) is 0.833. The molecule has 0 saturated carbocycles. The molecule has 96 valence electrons. The Hall–Kier alpha value is -0.520. The molecule has 2 heterocycles. The summed E-state index contributed by atoms with van der Waals surface area (Å²) in [6.45, 7) is 9.19. The second kappa shape index (κ2) is 5.42. The van der Waals surface area contributed by atoms with E-state index in [-0.39, 0.29) is 6.10 Å². The van der Waals surface area contributed by atoms with Gasteiger partial charge in [0.15, 0.2) is 0 Å². The van der Waals surface area contributed by atoms with Crippen molar-refractivity contribution in [3.8, 4) is 0 Å². The van der Waals surface area contributed by atoms with Crippen molar-refractivity contribution in [2.24, 2.45) is 5.92 Å². The van der Waals surface area contributed by atoms with Crippen LogP contribution in [0.2, 0.25) is 0 Å². The minimum Gasteiger partial charge on any atom is -0.393 e. The maximum atomic E-state index is 9.69. The molecule has 0 radical (unpaired) electrons. The molecule has 1 aromatic heterocycles. The minimum atomic E-state index is -0.133. The highest BCUT2D eigenvalue weighted by atomic mass is 32.1. The van der Waals surface area contributed by atoms with Gasteiger partial charge in [0, 0.05) is 19.0 Å². The number of likely N-dealkylation sites (tertiary alicyclic amines) is 1. The van der Waals surface area contributed by atoms with Crippen molar-refractivity contribution in [2.75, 3.05) is 13.1 Å². The molecule has 1 aliphatic rings. The number of nitrogens with zero attached hydrogens (tertiary/aromatic N) is 3. The van der Waals surface area contributed by atoms with Crippen molar-refractivity contribution in [2.45, 2.75) is 45.8 Å². The predicted molar refractivity (Wildman–Crippen MR) is 69.1 cm³/mol. The largest absolute Gasteiger partial charge is 0.393 e. The van der Waals surface area contributed by atoms with Crippen molar-refractivity contribution in [1.82, 2.24) is 15.1 Å². The highest BCUT2D eigenvalue weighted by Gasteiger charge is 2.24. The molecular formula is C12H21N3OS. The molecule has 0 aliphatic carbocycles. The predicted octanol–water partition coefficient (Wildman–Crippen LogP) is 1.86. The molecule has 1 aliphatic heterocycles. The van der Waals surface area contributed by atoms with Crippen LogP contribution in [0.1, 0.15) is 43.1 Å². The summed E-state index contributed by atoms with van der Waals surface area (Å²) in [4.78, 5) is 2.36. The molecule has 4 nitrogen and oxygen atoms in total. The van der Waals surface area contributed by atoms with E-state index in [1.165, 1.54) is 0 Å². The summed E-state index contributed by atoms with van der Waals surface area (Å²) in [7, 11) is 0. The van der Waals surface area contributed by atoms with Gasteiger partial charge in [-0.2, -0.15) is 0 Å². The van der Waals surface area contributed by atoms with Gasteiger partial charge in [-0.05, 0) is 12.3 Å². The van der Waals surface area contributed by atoms with Crippen LogP contribution < -0.4 is 0 Å². The third kappa shape index (κ3) is 3.24. The monoisotopic (exact) mass is 255 g/mol. The zero-order chi connectivity index (χ0) is 12.4. The van der Waals surface area contributed by atoms with Crippen molar-refractivity contribution in [1.29, 1.82) is 0 Å². The maximum absolute atomic E-state index is 9.69. The fourth-order valence-corrected chi connectivity index (χ4v) is 3.01. The van der Waals surface area contributed by atoms with E-state index >= 15 is 0 Å². The van der Waals surface area contributed by atoms with Gasteiger partial charge in [-0.15, -0.1) is 10.2 Å². The normalized spacial score (nSPS) is 26.6. The third-order valence-electron chi connectivity index (χ3n) is 3.28. The van der Waals surface area contributed by atoms with Crippen LogP contribution in [0.5, 0.6) is 0 Å². The van der Waals surface area contributed by atoms with Gasteiger partial charge in [0.25, 0.3) is 0 Å². The number of aromatic nitrogens is 2. The number of hydrogen-bond donors (Lipinski definition) is 1. The maximum Gasteiger partial charge on any atom is 0.131 e. The Balaban J connectivity index is 1.92. The van der Waals surface area contributed by atoms with Crippen molar-refractivity contribution in [3.05, 3.63) is 10.0 Å². The van der Waals surface area contributed by atoms with Crippen LogP contribution in [0, 0.1) is 5.92 Å². The molecule has 2 rings (SSSR count). The van der Waals surface area contributed by atoms with Crippen molar-refractivity contribution >= 4 is 11.3 Å². The second-order valence-corrected chi connectivity index (χ2v) is 6.35. The van der Waals surface area contributed by atoms with Gasteiger partial charge in [0.1, 0.15) is 10.0 Å². The molecule has 0 amide bonds. The first kappa shape index (κ1) is 12.9. The van der Waals surface area contributed by atoms with E-state index in [0.29, 0.717) is 11.8 Å². The second-order valence-electron chi connectivity index (χ2n) is 5.26. The highest BCUT2D eigenvalue weighted by molar-refractivity contribution is 7.11. The van der Waals surface area contributed by atoms with Gasteiger partial charge in [0.05, 0.1) is 12.6 Å². The van der Waals surface area contributed by atoms with Gasteiger partial charge < -0.3 is 5.11 Å². The van der Waals surface area contributed by atoms with Crippen molar-refractivity contribution in [3.63, 3.8) is 0 Å². The molecule has 0 bridgehead atoms. The summed E-state index contributed by atoms with van der Waals surface area (Å²) >= 11 is 1.71. The molecule has 1 aromatic rings. The molecule has 1 fully saturated rings. The van der Waals surface area contributed by atoms with E-state index in [4.69, 9.17) is 0 Å². The van der Waals surface area contributed by atoms with Crippen LogP contribution in [-0.4, -0.2) is 39.4 Å². The van der Waals surface area contributed by atoms with E-state index in [2.05, 4.69) is 35.9 Å². The van der Waals surface area contributed by atoms with Gasteiger partial charge in [-0.25, -0.2) is 0 Å². The van der Waals surface area contributed by atoms with E-state index in [1.807, 2.05) is 0 Å². The van der Waals surface area contributed by atoms with Gasteiger partial charge in [-0.3, -0.25) is 4.90 Å². The van der Waals surface area contributed by atoms with Crippen LogP contribution in [0.4, 0.5) is 0 Å². The lowest BCUT2D eigenvalue weighted by Gasteiger charge is -2.33. The summed E-state index contributed by atoms with van der Waals surface area (Å²) in [5.41, 5.74) is 0. The lowest BCUT2D eigenvalue weighted by Crippen LogP contribution is -2.41. The summed E-state index contributed by atoms with van der Waals surface area (Å²) in [6, 6.07) is 0. The quantitative estimate of drug-likeness (QED) is 0.895. The summed E-state index contributed by atoms with van der Waals surface area (Å²) in [5.74, 6) is 0.824. The Morgan fingerprint density at radius 3 is 2.82 bits per heavy atom. The molecule has 2 atom stereocenters. The highest BCUT2D eigenvalue weighted by Crippen LogP contribution is 2.22. The Morgan fingerprint density at radius 1 is 1.47 bits per heavy atom. The van der Waals surface area contributed by atoms with Gasteiger partial charge in [-0.1, -0.05) is 32.1 Å². The lowest BCUT2D eigenvalue weighted by molar-refractivity contribution is 0.0319. The summed E-state index contributed by atoms with van der Waals surface area (Å²) in [5, 5.41) is 20.3. The molecule has 1 saturated heterocycles.